The third-order valence-corrected chi connectivity index (χ3v) is 3.03. The molecule has 1 heterocycles. The number of rotatable bonds is 3. The van der Waals surface area contributed by atoms with E-state index in [-0.39, 0.29) is 0 Å². The first-order chi connectivity index (χ1) is 8.84. The smallest absolute Gasteiger partial charge is 0.244 e. The molecule has 0 N–H and O–H groups in total. The van der Waals surface area contributed by atoms with Gasteiger partial charge in [-0.25, -0.2) is 9.17 Å². The molecule has 12 heteroatoms. The van der Waals surface area contributed by atoms with E-state index in [1.54, 1.807) is 0 Å². The molecular weight excluding hydrogens is 340 g/mol. The maximum atomic E-state index is 12.6. The van der Waals surface area contributed by atoms with E-state index in [9.17, 15) is 34.8 Å². The van der Waals surface area contributed by atoms with Gasteiger partial charge in [-0.1, -0.05) is 17.7 Å². The maximum absolute atomic E-state index is 12.6. The fraction of sp³-hybridized carbons (Fsp3) is 0.375. The second-order valence-electron chi connectivity index (χ2n) is 3.30. The zero-order valence-corrected chi connectivity index (χ0v) is 10.6. The van der Waals surface area contributed by atoms with Crippen LogP contribution in [0.1, 0.15) is 11.8 Å². The highest BCUT2D eigenvalue weighted by Crippen LogP contribution is 2.39. The Bertz CT molecular complexity index is 585. The van der Waals surface area contributed by atoms with Crippen LogP contribution < -0.4 is 0 Å². The van der Waals surface area contributed by atoms with E-state index in [1.807, 2.05) is 0 Å². The average Bonchev–Trinajstić information content (AvgIpc) is 2.22. The molecule has 20 heavy (non-hydrogen) atoms. The van der Waals surface area contributed by atoms with Gasteiger partial charge in [0.15, 0.2) is 0 Å². The molecule has 0 aliphatic heterocycles. The van der Waals surface area contributed by atoms with Gasteiger partial charge in [-0.15, -0.1) is 0 Å². The summed E-state index contributed by atoms with van der Waals surface area (Å²) in [5.41, 5.74) is -7.10. The lowest BCUT2D eigenvalue weighted by molar-refractivity contribution is -0.201. The molecule has 0 fully saturated rings. The molecule has 0 aromatic carbocycles. The van der Waals surface area contributed by atoms with Crippen LogP contribution >= 0.6 is 11.6 Å². The number of halogens is 7. The molecule has 0 spiro atoms. The summed E-state index contributed by atoms with van der Waals surface area (Å²) in [5, 5.41) is -0.468. The van der Waals surface area contributed by atoms with E-state index in [2.05, 4.69) is 9.17 Å². The van der Waals surface area contributed by atoms with E-state index in [0.29, 0.717) is 6.07 Å². The van der Waals surface area contributed by atoms with Gasteiger partial charge in [0.1, 0.15) is 5.15 Å². The molecule has 114 valence electrons. The monoisotopic (exact) mass is 343 g/mol. The van der Waals surface area contributed by atoms with Crippen LogP contribution in [0.3, 0.4) is 0 Å². The minimum Gasteiger partial charge on any atom is -0.244 e. The summed E-state index contributed by atoms with van der Waals surface area (Å²) < 4.78 is 98.5. The zero-order chi connectivity index (χ0) is 15.8. The highest BCUT2D eigenvalue weighted by molar-refractivity contribution is 7.87. The largest absolute Gasteiger partial charge is 0.523 e. The fourth-order valence-electron chi connectivity index (χ4n) is 1.02. The quantitative estimate of drug-likeness (QED) is 0.366. The van der Waals surface area contributed by atoms with Crippen molar-refractivity contribution in [1.82, 2.24) is 4.98 Å². The number of aromatic nitrogens is 1. The number of nitrogens with zero attached hydrogens (tertiary/aromatic N) is 1. The summed E-state index contributed by atoms with van der Waals surface area (Å²) in [6.07, 6.45) is -8.84. The highest BCUT2D eigenvalue weighted by Gasteiger charge is 2.54. The molecule has 1 unspecified atom stereocenters. The SMILES string of the molecule is O=S(=O)(OC(c1cccc(Cl)n1)C(F)(F)F)C(F)(F)F. The Labute approximate surface area is 113 Å². The van der Waals surface area contributed by atoms with Crippen LogP contribution in [0.5, 0.6) is 0 Å². The van der Waals surface area contributed by atoms with Crippen molar-refractivity contribution in [2.45, 2.75) is 17.8 Å². The summed E-state index contributed by atoms with van der Waals surface area (Å²) in [6.45, 7) is 0. The second-order valence-corrected chi connectivity index (χ2v) is 5.25. The van der Waals surface area contributed by atoms with E-state index >= 15 is 0 Å². The molecule has 0 aliphatic carbocycles. The lowest BCUT2D eigenvalue weighted by Gasteiger charge is -2.20. The normalized spacial score (nSPS) is 15.2. The predicted octanol–water partition coefficient (Wildman–Crippen LogP) is 3.20. The molecule has 0 saturated carbocycles. The minimum absolute atomic E-state index is 0.468. The minimum atomic E-state index is -6.44. The van der Waals surface area contributed by atoms with Gasteiger partial charge in [0.25, 0.3) is 0 Å². The lowest BCUT2D eigenvalue weighted by atomic mass is 10.2. The molecule has 0 amide bonds. The molecular formula is C8H4ClF6NO3S. The Kier molecular flexibility index (Phi) is 4.56. The number of alkyl halides is 6. The Morgan fingerprint density at radius 1 is 1.15 bits per heavy atom. The van der Waals surface area contributed by atoms with E-state index in [1.165, 1.54) is 0 Å². The zero-order valence-electron chi connectivity index (χ0n) is 9.04. The number of hydrogen-bond donors (Lipinski definition) is 0. The molecule has 1 aromatic heterocycles. The van der Waals surface area contributed by atoms with E-state index < -0.39 is 38.8 Å². The standard InChI is InChI=1S/C8H4ClF6NO3S/c9-5-3-1-2-4(16-5)6(7(10,11)12)19-20(17,18)8(13,14)15/h1-3,6H. The summed E-state index contributed by atoms with van der Waals surface area (Å²) in [6, 6.07) is 2.64. The first-order valence-electron chi connectivity index (χ1n) is 4.53. The van der Waals surface area contributed by atoms with E-state index in [0.717, 1.165) is 12.1 Å². The van der Waals surface area contributed by atoms with Crippen LogP contribution in [0.25, 0.3) is 0 Å². The van der Waals surface area contributed by atoms with Crippen molar-refractivity contribution in [1.29, 1.82) is 0 Å². The summed E-state index contributed by atoms with van der Waals surface area (Å²) >= 11 is 5.29. The number of pyridine rings is 1. The van der Waals surface area contributed by atoms with Crippen LogP contribution in [0.15, 0.2) is 18.2 Å². The van der Waals surface area contributed by atoms with Crippen molar-refractivity contribution in [2.75, 3.05) is 0 Å². The molecule has 0 saturated heterocycles. The van der Waals surface area contributed by atoms with Crippen molar-refractivity contribution < 1.29 is 38.9 Å². The van der Waals surface area contributed by atoms with Gasteiger partial charge < -0.3 is 0 Å². The summed E-state index contributed by atoms with van der Waals surface area (Å²) in [4.78, 5) is 3.09. The molecule has 0 bridgehead atoms. The lowest BCUT2D eigenvalue weighted by Crippen LogP contribution is -2.33. The Morgan fingerprint density at radius 3 is 2.10 bits per heavy atom. The number of hydrogen-bond acceptors (Lipinski definition) is 4. The van der Waals surface area contributed by atoms with Crippen molar-refractivity contribution in [2.24, 2.45) is 0 Å². The first-order valence-corrected chi connectivity index (χ1v) is 6.32. The van der Waals surface area contributed by atoms with Crippen molar-refractivity contribution in [3.05, 3.63) is 29.0 Å². The molecule has 0 aliphatic rings. The van der Waals surface area contributed by atoms with Gasteiger partial charge in [-0.3, -0.25) is 0 Å². The van der Waals surface area contributed by atoms with Crippen LogP contribution in [0.4, 0.5) is 26.3 Å². The summed E-state index contributed by atoms with van der Waals surface area (Å²) in [7, 11) is -6.44. The average molecular weight is 344 g/mol. The predicted molar refractivity (Wildman–Crippen MR) is 54.1 cm³/mol. The van der Waals surface area contributed by atoms with Gasteiger partial charge in [0.05, 0.1) is 5.69 Å². The van der Waals surface area contributed by atoms with Gasteiger partial charge in [-0.2, -0.15) is 34.8 Å². The van der Waals surface area contributed by atoms with Crippen molar-refractivity contribution in [3.8, 4) is 0 Å². The molecule has 0 radical (unpaired) electrons. The topological polar surface area (TPSA) is 56.3 Å². The van der Waals surface area contributed by atoms with Gasteiger partial charge in [-0.05, 0) is 12.1 Å². The van der Waals surface area contributed by atoms with Crippen LogP contribution in [0, 0.1) is 0 Å². The van der Waals surface area contributed by atoms with Crippen molar-refractivity contribution >= 4 is 21.7 Å². The highest BCUT2D eigenvalue weighted by atomic mass is 35.5. The summed E-state index contributed by atoms with van der Waals surface area (Å²) in [5.74, 6) is 0. The molecule has 1 atom stereocenters. The molecule has 1 aromatic rings. The Balaban J connectivity index is 3.24. The van der Waals surface area contributed by atoms with E-state index in [4.69, 9.17) is 11.6 Å². The Morgan fingerprint density at radius 2 is 1.70 bits per heavy atom. The van der Waals surface area contributed by atoms with Crippen molar-refractivity contribution in [3.63, 3.8) is 0 Å². The van der Waals surface area contributed by atoms with Gasteiger partial charge in [0, 0.05) is 0 Å². The van der Waals surface area contributed by atoms with Gasteiger partial charge in [0.2, 0.25) is 6.10 Å². The third-order valence-electron chi connectivity index (χ3n) is 1.81. The molecule has 1 rings (SSSR count). The molecule has 4 nitrogen and oxygen atoms in total. The maximum Gasteiger partial charge on any atom is 0.523 e. The van der Waals surface area contributed by atoms with Crippen LogP contribution in [-0.4, -0.2) is 25.1 Å². The second kappa shape index (κ2) is 5.37. The third kappa shape index (κ3) is 3.96. The Hall–Kier alpha value is -1.07. The first kappa shape index (κ1) is 17.0. The van der Waals surface area contributed by atoms with Crippen LogP contribution in [-0.2, 0) is 14.3 Å². The van der Waals surface area contributed by atoms with Gasteiger partial charge >= 0.3 is 21.8 Å². The fourth-order valence-corrected chi connectivity index (χ4v) is 1.76. The van der Waals surface area contributed by atoms with Crippen LogP contribution in [0.2, 0.25) is 5.15 Å².